The molecule has 4 saturated carbocycles. The number of esters is 3. The van der Waals surface area contributed by atoms with E-state index in [4.69, 9.17) is 85.3 Å². The lowest BCUT2D eigenvalue weighted by molar-refractivity contribution is -0.381. The van der Waals surface area contributed by atoms with E-state index in [2.05, 4.69) is 67.7 Å². The van der Waals surface area contributed by atoms with Gasteiger partial charge in [0.1, 0.15) is 146 Å². The van der Waals surface area contributed by atoms with Gasteiger partial charge in [0.2, 0.25) is 6.29 Å². The van der Waals surface area contributed by atoms with Crippen molar-refractivity contribution in [3.05, 3.63) is 60.3 Å². The van der Waals surface area contributed by atoms with Gasteiger partial charge < -0.3 is 198 Å². The van der Waals surface area contributed by atoms with Gasteiger partial charge in [-0.15, -0.1) is 13.2 Å². The second kappa shape index (κ2) is 43.3. The van der Waals surface area contributed by atoms with Crippen molar-refractivity contribution in [1.82, 2.24) is 0 Å². The Bertz CT molecular complexity index is 4190. The molecule has 0 bridgehead atoms. The van der Waals surface area contributed by atoms with Crippen molar-refractivity contribution < 1.29 is 212 Å². The highest BCUT2D eigenvalue weighted by atomic mass is 16.8. The molecular formula is C94H148O43. The van der Waals surface area contributed by atoms with Crippen LogP contribution in [0, 0.1) is 50.2 Å². The molecule has 47 atom stereocenters. The molecular weight excluding hydrogens is 1820 g/mol. The van der Waals surface area contributed by atoms with Gasteiger partial charge in [-0.25, -0.2) is 9.59 Å². The van der Waals surface area contributed by atoms with Crippen LogP contribution in [0.1, 0.15) is 167 Å². The highest BCUT2D eigenvalue weighted by Crippen LogP contribution is 2.76. The Morgan fingerprint density at radius 1 is 0.460 bits per heavy atom. The third kappa shape index (κ3) is 22.1. The Balaban J connectivity index is 0.767. The molecule has 13 rings (SSSR count). The zero-order chi connectivity index (χ0) is 101. The lowest BCUT2D eigenvalue weighted by atomic mass is 9.33. The van der Waals surface area contributed by atoms with Crippen molar-refractivity contribution in [2.24, 2.45) is 50.2 Å². The van der Waals surface area contributed by atoms with Gasteiger partial charge >= 0.3 is 17.9 Å². The Morgan fingerprint density at radius 3 is 1.55 bits per heavy atom. The number of ether oxygens (including phenoxy) is 18. The number of carbonyl (C=O) groups is 3. The first-order chi connectivity index (χ1) is 64.1. The molecule has 0 spiro atoms. The third-order valence-corrected chi connectivity index (χ3v) is 32.4. The summed E-state index contributed by atoms with van der Waals surface area (Å²) in [5, 5.41) is 248. The minimum Gasteiger partial charge on any atom is -0.452 e. The summed E-state index contributed by atoms with van der Waals surface area (Å²) in [6, 6.07) is 0. The van der Waals surface area contributed by atoms with Crippen LogP contribution in [0.25, 0.3) is 0 Å². The molecule has 0 radical (unpaired) electrons. The van der Waals surface area contributed by atoms with Crippen LogP contribution in [0.4, 0.5) is 0 Å². The van der Waals surface area contributed by atoms with E-state index in [1.165, 1.54) is 58.9 Å². The molecule has 8 heterocycles. The Labute approximate surface area is 794 Å². The van der Waals surface area contributed by atoms with Crippen LogP contribution >= 0.6 is 0 Å². The van der Waals surface area contributed by atoms with E-state index in [0.717, 1.165) is 5.57 Å². The number of fused-ring (bicyclic) bond motifs is 7. The highest BCUT2D eigenvalue weighted by Gasteiger charge is 2.73. The number of aliphatic hydroxyl groups is 22. The average Bonchev–Trinajstić information content (AvgIpc) is 0.668. The molecule has 8 saturated heterocycles. The van der Waals surface area contributed by atoms with E-state index >= 15 is 4.79 Å². The maximum absolute atomic E-state index is 16.6. The Hall–Kier alpha value is -4.37. The number of aliphatic hydroxyl groups excluding tert-OH is 20. The van der Waals surface area contributed by atoms with Gasteiger partial charge in [-0.2, -0.15) is 0 Å². The van der Waals surface area contributed by atoms with E-state index in [1.807, 2.05) is 0 Å². The average molecular weight is 1970 g/mol. The van der Waals surface area contributed by atoms with Crippen LogP contribution in [0.2, 0.25) is 0 Å². The molecule has 0 aromatic rings. The van der Waals surface area contributed by atoms with Crippen molar-refractivity contribution in [2.75, 3.05) is 46.2 Å². The van der Waals surface area contributed by atoms with Crippen molar-refractivity contribution >= 4 is 17.9 Å². The minimum atomic E-state index is -2.28. The van der Waals surface area contributed by atoms with Crippen LogP contribution in [0.3, 0.4) is 0 Å². The maximum atomic E-state index is 16.6. The summed E-state index contributed by atoms with van der Waals surface area (Å²) in [5.74, 6) is -4.27. The molecule has 5 aliphatic carbocycles. The van der Waals surface area contributed by atoms with Crippen LogP contribution in [-0.2, 0) is 99.6 Å². The van der Waals surface area contributed by atoms with Crippen LogP contribution in [0.5, 0.6) is 0 Å². The number of hydrogen-bond donors (Lipinski definition) is 22. The molecule has 0 aromatic heterocycles. The molecule has 8 aliphatic heterocycles. The number of rotatable bonds is 31. The van der Waals surface area contributed by atoms with Crippen molar-refractivity contribution in [3.63, 3.8) is 0 Å². The zero-order valence-corrected chi connectivity index (χ0v) is 79.5. The van der Waals surface area contributed by atoms with Gasteiger partial charge in [-0.1, -0.05) is 84.4 Å². The smallest absolute Gasteiger partial charge is 0.336 e. The molecule has 137 heavy (non-hydrogen) atoms. The van der Waals surface area contributed by atoms with Crippen molar-refractivity contribution in [1.29, 1.82) is 0 Å². The minimum absolute atomic E-state index is 0.00851. The zero-order valence-electron chi connectivity index (χ0n) is 79.5. The monoisotopic (exact) mass is 1960 g/mol. The second-order valence-corrected chi connectivity index (χ2v) is 42.6. The largest absolute Gasteiger partial charge is 0.452 e. The van der Waals surface area contributed by atoms with Crippen LogP contribution in [0.15, 0.2) is 60.3 Å². The number of allylic oxidation sites excluding steroid dienone is 4. The molecule has 4 unspecified atom stereocenters. The molecule has 13 aliphatic rings. The van der Waals surface area contributed by atoms with E-state index in [1.54, 1.807) is 0 Å². The van der Waals surface area contributed by atoms with Gasteiger partial charge in [-0.05, 0) is 163 Å². The van der Waals surface area contributed by atoms with E-state index < -0.39 is 347 Å². The Morgan fingerprint density at radius 2 is 0.949 bits per heavy atom. The third-order valence-electron chi connectivity index (χ3n) is 32.4. The van der Waals surface area contributed by atoms with Crippen molar-refractivity contribution in [2.45, 2.75) is 411 Å². The summed E-state index contributed by atoms with van der Waals surface area (Å²) in [6.45, 7) is 24.9. The molecule has 0 aromatic carbocycles. The maximum Gasteiger partial charge on any atom is 0.336 e. The van der Waals surface area contributed by atoms with Crippen LogP contribution in [-0.4, -0.2) is 421 Å². The molecule has 0 amide bonds. The first kappa shape index (κ1) is 110. The fourth-order valence-corrected chi connectivity index (χ4v) is 23.4. The van der Waals surface area contributed by atoms with E-state index in [-0.39, 0.29) is 61.5 Å². The summed E-state index contributed by atoms with van der Waals surface area (Å²) < 4.78 is 109. The first-order valence-electron chi connectivity index (χ1n) is 47.7. The summed E-state index contributed by atoms with van der Waals surface area (Å²) >= 11 is 0. The molecule has 43 heteroatoms. The number of hydrogen-bond acceptors (Lipinski definition) is 43. The summed E-state index contributed by atoms with van der Waals surface area (Å²) in [7, 11) is 0. The molecule has 22 N–H and O–H groups in total. The first-order valence-corrected chi connectivity index (χ1v) is 47.7. The van der Waals surface area contributed by atoms with E-state index in [0.29, 0.717) is 44.9 Å². The van der Waals surface area contributed by atoms with E-state index in [9.17, 15) is 122 Å². The van der Waals surface area contributed by atoms with Gasteiger partial charge in [0.25, 0.3) is 0 Å². The van der Waals surface area contributed by atoms with Crippen LogP contribution < -0.4 is 0 Å². The van der Waals surface area contributed by atoms with Gasteiger partial charge in [0.15, 0.2) is 62.3 Å². The predicted octanol–water partition coefficient (Wildman–Crippen LogP) is -3.75. The summed E-state index contributed by atoms with van der Waals surface area (Å²) in [4.78, 5) is 45.0. The quantitative estimate of drug-likeness (QED) is 0.0104. The SMILES string of the molecule is C=CC(C)(O)CC/C=C(\C)C(=O)O[C@H]1[C@H](OC[C@H]2O[C@@H](OC(=O)[C@]34CCC(C)(C)C[C@H]3C3=CCC5[C@@]6(C)CC[C@H](O[C@@H]7O[C@H](CO[C@@H]8OC[C@H](O)[C@H](O)[C@H]8O[C@@H]8OC[C@@H](O)[C@H](O)[C@H]8O)[C@@H](O)[C@H](O)[C@H]7O)C(C)(C)C6CC[C@@]5(C)[C@]3(C)C[C@H]4O)[C@H](O[C@@H]3O[C@@H](C)[C@H](O[C@@H]4OC[C@@H](O)[C@H](O[C@@H]5OC[C@@H](O)[C@H](O)[C@H]5O)[C@H]4O)[C@@H](O)[C@H]3O)[C@@H](O)[C@@H]2O)O[C@@H](C)[C@H](O)[C@H]1OC(=O)/C(=C/CCC(C)(O)C=C)CO. The van der Waals surface area contributed by atoms with Gasteiger partial charge in [0, 0.05) is 5.57 Å². The standard InChI is InChI=1S/C94H148O43/c1-15-89(10,118)25-17-19-40(3)76(115)132-75-72(131-77(116)43(33-95)20-18-26-90(11,119)16-2)56(101)41(4)126-84(75)125-39-51-61(106)63(108)74(136-81-68(113)64(109)70(42(5)127-81)133-80-69(114)71(49(99)37-122-80)134-78-65(110)57(102)46(96)34-120-78)85(129-51)137-86(117)94-30-29-87(6,7)31-45(94)44-21-22-53-91(12)27-24-55(88(8,9)52(91)23-28-92(53,13)93(44,14)32-54(94)100)130-82-67(112)62(107)60(105)50(128-82)38-124-83-73(59(104)48(98)36-123-83)135-79-66(111)58(103)47(97)35-121-79/h15-16,19-21,41-42,45-75,78-85,95-114,118-119H,1-2,17-18,22-39H2,3-14H3/b40-19+,43-20+/t41-,42-,45-,46+,47+,48-,49+,50+,51+,52?,53?,54+,55-,56-,57-,58-,59-,60+,61+,62-,63-,64-,65+,66+,67+,68+,69+,70-,71-,72+,73+,74+,75+,78-,79-,80-,81-,82-,83-,84+,85-,89?,90?,91-,92+,93+,94+/m0/s1. The number of carbonyl (C=O) groups excluding carboxylic acids is 3. The lowest BCUT2D eigenvalue weighted by Gasteiger charge is -2.71. The van der Waals surface area contributed by atoms with Gasteiger partial charge in [-0.3, -0.25) is 4.79 Å². The van der Waals surface area contributed by atoms with Gasteiger partial charge in [0.05, 0.1) is 87.4 Å². The fraction of sp³-hybridized carbons (Fsp3) is 0.862. The normalized spacial score (nSPS) is 48.3. The molecule has 43 nitrogen and oxygen atoms in total. The Kier molecular flexibility index (Phi) is 34.8. The summed E-state index contributed by atoms with van der Waals surface area (Å²) in [6.07, 6.45) is -54.9. The van der Waals surface area contributed by atoms with Crippen molar-refractivity contribution in [3.8, 4) is 0 Å². The topological polar surface area (TPSA) is 662 Å². The second-order valence-electron chi connectivity index (χ2n) is 42.6. The lowest BCUT2D eigenvalue weighted by Crippen LogP contribution is -2.69. The molecule has 12 fully saturated rings. The summed E-state index contributed by atoms with van der Waals surface area (Å²) in [5.41, 5.74) is -7.14. The highest BCUT2D eigenvalue weighted by molar-refractivity contribution is 5.89. The fourth-order valence-electron chi connectivity index (χ4n) is 23.4. The predicted molar refractivity (Wildman–Crippen MR) is 465 cm³/mol. The molecule has 782 valence electrons.